The molecule has 0 aliphatic carbocycles. The lowest BCUT2D eigenvalue weighted by molar-refractivity contribution is 0.414. The highest BCUT2D eigenvalue weighted by Crippen LogP contribution is 2.21. The van der Waals surface area contributed by atoms with Crippen molar-refractivity contribution in [1.29, 1.82) is 5.26 Å². The molecule has 0 saturated heterocycles. The number of halogens is 1. The summed E-state index contributed by atoms with van der Waals surface area (Å²) < 4.78 is 18.3. The largest absolute Gasteiger partial charge is 0.497 e. The van der Waals surface area contributed by atoms with E-state index in [-0.39, 0.29) is 5.82 Å². The average molecular weight is 284 g/mol. The lowest BCUT2D eigenvalue weighted by atomic mass is 9.94. The van der Waals surface area contributed by atoms with Gasteiger partial charge in [-0.1, -0.05) is 18.2 Å². The minimum atomic E-state index is -0.817. The van der Waals surface area contributed by atoms with Gasteiger partial charge >= 0.3 is 0 Å². The lowest BCUT2D eigenvalue weighted by Gasteiger charge is -2.24. The molecule has 3 nitrogen and oxygen atoms in total. The summed E-state index contributed by atoms with van der Waals surface area (Å²) in [6.45, 7) is 1.79. The predicted octanol–water partition coefficient (Wildman–Crippen LogP) is 3.77. The third kappa shape index (κ3) is 3.96. The highest BCUT2D eigenvalue weighted by atomic mass is 19.1. The number of anilines is 1. The van der Waals surface area contributed by atoms with Crippen LogP contribution in [0.4, 0.5) is 10.1 Å². The van der Waals surface area contributed by atoms with Crippen LogP contribution in [0.1, 0.15) is 12.5 Å². The van der Waals surface area contributed by atoms with Crippen LogP contribution in [0.2, 0.25) is 0 Å². The van der Waals surface area contributed by atoms with Gasteiger partial charge in [-0.25, -0.2) is 4.39 Å². The molecule has 0 amide bonds. The molecular formula is C17H17FN2O. The standard InChI is InChI=1S/C17H17FN2O/c1-17(12-19,20-15-5-3-4-14(18)10-15)11-13-6-8-16(21-2)9-7-13/h3-10,20H,11H2,1-2H3. The molecule has 0 aromatic heterocycles. The van der Waals surface area contributed by atoms with Gasteiger partial charge in [-0.2, -0.15) is 5.26 Å². The molecule has 2 aromatic carbocycles. The molecule has 21 heavy (non-hydrogen) atoms. The molecule has 4 heteroatoms. The molecule has 0 radical (unpaired) electrons. The second-order valence-corrected chi connectivity index (χ2v) is 5.10. The van der Waals surface area contributed by atoms with Crippen molar-refractivity contribution >= 4 is 5.69 Å². The Bertz CT molecular complexity index is 649. The fourth-order valence-electron chi connectivity index (χ4n) is 2.15. The van der Waals surface area contributed by atoms with Crippen LogP contribution in [0.5, 0.6) is 5.75 Å². The number of nitriles is 1. The molecule has 0 bridgehead atoms. The number of hydrogen-bond donors (Lipinski definition) is 1. The van der Waals surface area contributed by atoms with Crippen molar-refractivity contribution in [3.63, 3.8) is 0 Å². The highest BCUT2D eigenvalue weighted by Gasteiger charge is 2.24. The van der Waals surface area contributed by atoms with E-state index in [9.17, 15) is 9.65 Å². The van der Waals surface area contributed by atoms with Crippen LogP contribution in [-0.4, -0.2) is 12.6 Å². The third-order valence-corrected chi connectivity index (χ3v) is 3.21. The van der Waals surface area contributed by atoms with Crippen molar-refractivity contribution < 1.29 is 9.13 Å². The van der Waals surface area contributed by atoms with Gasteiger partial charge in [0.25, 0.3) is 0 Å². The first kappa shape index (κ1) is 14.9. The monoisotopic (exact) mass is 284 g/mol. The van der Waals surface area contributed by atoms with E-state index in [4.69, 9.17) is 4.74 Å². The number of ether oxygens (including phenoxy) is 1. The van der Waals surface area contributed by atoms with E-state index in [1.54, 1.807) is 26.2 Å². The number of benzene rings is 2. The molecule has 1 N–H and O–H groups in total. The van der Waals surface area contributed by atoms with Crippen LogP contribution in [0, 0.1) is 17.1 Å². The Morgan fingerprint density at radius 1 is 1.24 bits per heavy atom. The Labute approximate surface area is 124 Å². The molecule has 0 fully saturated rings. The Morgan fingerprint density at radius 3 is 2.52 bits per heavy atom. The van der Waals surface area contributed by atoms with E-state index < -0.39 is 5.54 Å². The number of rotatable bonds is 5. The quantitative estimate of drug-likeness (QED) is 0.909. The SMILES string of the molecule is COc1ccc(CC(C)(C#N)Nc2cccc(F)c2)cc1. The second kappa shape index (κ2) is 6.27. The van der Waals surface area contributed by atoms with Gasteiger partial charge < -0.3 is 10.1 Å². The van der Waals surface area contributed by atoms with Crippen LogP contribution in [0.25, 0.3) is 0 Å². The Morgan fingerprint density at radius 2 is 1.95 bits per heavy atom. The third-order valence-electron chi connectivity index (χ3n) is 3.21. The lowest BCUT2D eigenvalue weighted by Crippen LogP contribution is -2.35. The molecule has 0 aliphatic rings. The van der Waals surface area contributed by atoms with Gasteiger partial charge in [-0.3, -0.25) is 0 Å². The van der Waals surface area contributed by atoms with Crippen LogP contribution >= 0.6 is 0 Å². The first-order valence-corrected chi connectivity index (χ1v) is 6.62. The fraction of sp³-hybridized carbons (Fsp3) is 0.235. The second-order valence-electron chi connectivity index (χ2n) is 5.10. The van der Waals surface area contributed by atoms with E-state index in [1.165, 1.54) is 12.1 Å². The van der Waals surface area contributed by atoms with Gasteiger partial charge in [-0.05, 0) is 42.8 Å². The molecule has 0 saturated carbocycles. The molecule has 1 unspecified atom stereocenters. The molecule has 0 spiro atoms. The smallest absolute Gasteiger partial charge is 0.126 e. The van der Waals surface area contributed by atoms with E-state index in [2.05, 4.69) is 11.4 Å². The number of methoxy groups -OCH3 is 1. The van der Waals surface area contributed by atoms with Gasteiger partial charge in [0.2, 0.25) is 0 Å². The summed E-state index contributed by atoms with van der Waals surface area (Å²) in [6.07, 6.45) is 0.504. The van der Waals surface area contributed by atoms with Gasteiger partial charge in [0, 0.05) is 12.1 Å². The summed E-state index contributed by atoms with van der Waals surface area (Å²) in [5.41, 5.74) is 0.777. The van der Waals surface area contributed by atoms with Gasteiger partial charge in [-0.15, -0.1) is 0 Å². The Kier molecular flexibility index (Phi) is 4.44. The molecule has 2 aromatic rings. The van der Waals surface area contributed by atoms with Gasteiger partial charge in [0.1, 0.15) is 17.1 Å². The summed E-state index contributed by atoms with van der Waals surface area (Å²) in [5.74, 6) is 0.445. The molecule has 0 heterocycles. The van der Waals surface area contributed by atoms with E-state index in [0.29, 0.717) is 12.1 Å². The zero-order valence-electron chi connectivity index (χ0n) is 12.1. The summed E-state index contributed by atoms with van der Waals surface area (Å²) in [5, 5.41) is 12.5. The molecule has 1 atom stereocenters. The summed E-state index contributed by atoms with van der Waals surface area (Å²) in [6, 6.07) is 15.9. The first-order valence-electron chi connectivity index (χ1n) is 6.62. The van der Waals surface area contributed by atoms with Gasteiger partial charge in [0.05, 0.1) is 13.2 Å². The van der Waals surface area contributed by atoms with E-state index in [1.807, 2.05) is 24.3 Å². The number of nitrogens with zero attached hydrogens (tertiary/aromatic N) is 1. The van der Waals surface area contributed by atoms with Crippen molar-refractivity contribution in [2.24, 2.45) is 0 Å². The number of hydrogen-bond acceptors (Lipinski definition) is 3. The summed E-state index contributed by atoms with van der Waals surface area (Å²) in [4.78, 5) is 0. The van der Waals surface area contributed by atoms with Crippen molar-refractivity contribution in [2.75, 3.05) is 12.4 Å². The normalized spacial score (nSPS) is 13.0. The molecule has 108 valence electrons. The minimum absolute atomic E-state index is 0.329. The van der Waals surface area contributed by atoms with E-state index in [0.717, 1.165) is 11.3 Å². The highest BCUT2D eigenvalue weighted by molar-refractivity contribution is 5.48. The van der Waals surface area contributed by atoms with Crippen LogP contribution in [0.15, 0.2) is 48.5 Å². The topological polar surface area (TPSA) is 45.0 Å². The van der Waals surface area contributed by atoms with Crippen molar-refractivity contribution in [1.82, 2.24) is 0 Å². The van der Waals surface area contributed by atoms with Crippen LogP contribution in [0.3, 0.4) is 0 Å². The zero-order valence-corrected chi connectivity index (χ0v) is 12.1. The maximum atomic E-state index is 13.2. The number of nitrogens with one attached hydrogen (secondary N) is 1. The maximum absolute atomic E-state index is 13.2. The average Bonchev–Trinajstić information content (AvgIpc) is 2.48. The van der Waals surface area contributed by atoms with Crippen molar-refractivity contribution in [2.45, 2.75) is 18.9 Å². The van der Waals surface area contributed by atoms with E-state index >= 15 is 0 Å². The van der Waals surface area contributed by atoms with Crippen LogP contribution in [-0.2, 0) is 6.42 Å². The molecular weight excluding hydrogens is 267 g/mol. The predicted molar refractivity (Wildman–Crippen MR) is 80.7 cm³/mol. The van der Waals surface area contributed by atoms with Crippen molar-refractivity contribution in [3.05, 3.63) is 59.9 Å². The first-order chi connectivity index (χ1) is 10.0. The zero-order chi connectivity index (χ0) is 15.3. The molecule has 0 aliphatic heterocycles. The van der Waals surface area contributed by atoms with Crippen LogP contribution < -0.4 is 10.1 Å². The Hall–Kier alpha value is -2.54. The summed E-state index contributed by atoms with van der Waals surface area (Å²) >= 11 is 0. The minimum Gasteiger partial charge on any atom is -0.497 e. The van der Waals surface area contributed by atoms with Crippen molar-refractivity contribution in [3.8, 4) is 11.8 Å². The van der Waals surface area contributed by atoms with Gasteiger partial charge in [0.15, 0.2) is 0 Å². The summed E-state index contributed by atoms with van der Waals surface area (Å²) in [7, 11) is 1.61. The maximum Gasteiger partial charge on any atom is 0.126 e. The Balaban J connectivity index is 2.15. The fourth-order valence-corrected chi connectivity index (χ4v) is 2.15. The molecule has 2 rings (SSSR count).